The van der Waals surface area contributed by atoms with E-state index in [1.54, 1.807) is 0 Å². The maximum absolute atomic E-state index is 7.56. The third-order valence-corrected chi connectivity index (χ3v) is 18.2. The van der Waals surface area contributed by atoms with Gasteiger partial charge in [0.25, 0.3) is 6.71 Å². The molecular weight excluding hydrogens is 800 g/mol. The van der Waals surface area contributed by atoms with Crippen LogP contribution in [0.5, 0.6) is 0 Å². The average molecular weight is 875 g/mol. The minimum absolute atomic E-state index is 0.0274. The molecule has 3 aliphatic carbocycles. The zero-order valence-electron chi connectivity index (χ0n) is 43.6. The van der Waals surface area contributed by atoms with Gasteiger partial charge in [-0.25, -0.2) is 0 Å². The summed E-state index contributed by atoms with van der Waals surface area (Å²) in [5, 5.41) is 1.26. The monoisotopic (exact) mass is 875 g/mol. The van der Waals surface area contributed by atoms with Gasteiger partial charge >= 0.3 is 0 Å². The van der Waals surface area contributed by atoms with Gasteiger partial charge in [0.15, 0.2) is 0 Å². The Balaban J connectivity index is 1.29. The van der Waals surface area contributed by atoms with Crippen molar-refractivity contribution in [2.75, 3.05) is 9.80 Å². The summed E-state index contributed by atoms with van der Waals surface area (Å²) in [5.74, 6) is 0.970. The molecule has 0 atom stereocenters. The van der Waals surface area contributed by atoms with E-state index >= 15 is 0 Å². The Labute approximate surface area is 397 Å². The molecule has 66 heavy (non-hydrogen) atoms. The van der Waals surface area contributed by atoms with Crippen molar-refractivity contribution in [3.63, 3.8) is 0 Å². The number of rotatable bonds is 2. The van der Waals surface area contributed by atoms with E-state index in [9.17, 15) is 0 Å². The second kappa shape index (κ2) is 13.5. The van der Waals surface area contributed by atoms with Crippen LogP contribution in [0.25, 0.3) is 11.0 Å². The third-order valence-electron chi connectivity index (χ3n) is 18.2. The summed E-state index contributed by atoms with van der Waals surface area (Å²) < 4.78 is 7.56. The van der Waals surface area contributed by atoms with E-state index in [0.29, 0.717) is 0 Å². The molecule has 5 aromatic carbocycles. The lowest BCUT2D eigenvalue weighted by molar-refractivity contribution is 0.332. The fraction of sp³-hybridized carbons (Fsp3) is 0.484. The van der Waals surface area contributed by atoms with Crippen LogP contribution >= 0.6 is 0 Å². The van der Waals surface area contributed by atoms with Gasteiger partial charge in [0, 0.05) is 33.6 Å². The lowest BCUT2D eigenvalue weighted by Crippen LogP contribution is -2.61. The van der Waals surface area contributed by atoms with Gasteiger partial charge in [0.05, 0.1) is 5.69 Å². The summed E-state index contributed by atoms with van der Waals surface area (Å²) in [4.78, 5) is 5.23. The molecule has 6 aromatic rings. The van der Waals surface area contributed by atoms with E-state index in [1.807, 2.05) is 0 Å². The molecule has 0 saturated carbocycles. The molecule has 0 fully saturated rings. The average Bonchev–Trinajstić information content (AvgIpc) is 3.60. The molecular formula is C62H75BN2O. The van der Waals surface area contributed by atoms with Crippen LogP contribution in [0.3, 0.4) is 0 Å². The zero-order chi connectivity index (χ0) is 47.2. The third kappa shape index (κ3) is 6.20. The Morgan fingerprint density at radius 1 is 0.470 bits per heavy atom. The second-order valence-corrected chi connectivity index (χ2v) is 26.8. The summed E-state index contributed by atoms with van der Waals surface area (Å²) in [6, 6.07) is 30.1. The molecule has 2 aliphatic heterocycles. The Bertz CT molecular complexity index is 3070. The largest absolute Gasteiger partial charge is 0.440 e. The number of anilines is 6. The van der Waals surface area contributed by atoms with E-state index < -0.39 is 0 Å². The number of furan rings is 1. The summed E-state index contributed by atoms with van der Waals surface area (Å²) in [7, 11) is 0. The van der Waals surface area contributed by atoms with Crippen molar-refractivity contribution in [3.8, 4) is 0 Å². The van der Waals surface area contributed by atoms with Crippen LogP contribution in [0.1, 0.15) is 192 Å². The molecule has 3 nitrogen and oxygen atoms in total. The van der Waals surface area contributed by atoms with E-state index in [-0.39, 0.29) is 44.6 Å². The summed E-state index contributed by atoms with van der Waals surface area (Å²) >= 11 is 0. The second-order valence-electron chi connectivity index (χ2n) is 26.8. The minimum atomic E-state index is -0.0274. The molecule has 4 heteroatoms. The number of benzene rings is 5. The topological polar surface area (TPSA) is 19.6 Å². The Kier molecular flexibility index (Phi) is 8.97. The van der Waals surface area contributed by atoms with Gasteiger partial charge in [-0.3, -0.25) is 4.90 Å². The van der Waals surface area contributed by atoms with Crippen molar-refractivity contribution < 1.29 is 4.42 Å². The van der Waals surface area contributed by atoms with Crippen molar-refractivity contribution in [3.05, 3.63) is 123 Å². The Hall–Kier alpha value is -4.70. The first-order chi connectivity index (χ1) is 30.6. The highest BCUT2D eigenvalue weighted by Crippen LogP contribution is 2.54. The van der Waals surface area contributed by atoms with Crippen molar-refractivity contribution in [1.29, 1.82) is 0 Å². The van der Waals surface area contributed by atoms with Crippen LogP contribution < -0.4 is 26.2 Å². The highest BCUT2D eigenvalue weighted by atomic mass is 16.4. The molecule has 1 aromatic heterocycles. The molecule has 0 unspecified atom stereocenters. The van der Waals surface area contributed by atoms with Crippen molar-refractivity contribution >= 4 is 68.4 Å². The van der Waals surface area contributed by atoms with E-state index in [2.05, 4.69) is 200 Å². The van der Waals surface area contributed by atoms with Gasteiger partial charge in [0.2, 0.25) is 5.88 Å². The number of aryl methyl sites for hydroxylation is 2. The number of hydrogen-bond donors (Lipinski definition) is 0. The van der Waals surface area contributed by atoms with Gasteiger partial charge in [-0.1, -0.05) is 128 Å². The molecule has 0 radical (unpaired) electrons. The molecule has 5 aliphatic rings. The number of fused-ring (bicyclic) bond motifs is 9. The standard InChI is InChI=1S/C62H75BN2O/c1-36-28-50-54-51(29-36)65(48-21-18-38(30-37(48)2)56(3,4)5)55-53(40-32-43-46(35-52(40)66-55)62(16,17)27-24-59(43,10)11)63(54)47-33-44-45(61(14,15)26-25-60(44,12)13)34-49(47)64(50)39-19-20-41-42(31-39)58(8,9)23-22-57(41,6)7/h18-21,28-35H,22-27H2,1-17H3. The quantitative estimate of drug-likeness (QED) is 0.161. The molecule has 0 spiro atoms. The van der Waals surface area contributed by atoms with Crippen molar-refractivity contribution in [1.82, 2.24) is 0 Å². The van der Waals surface area contributed by atoms with Crippen LogP contribution in [0, 0.1) is 13.8 Å². The van der Waals surface area contributed by atoms with E-state index in [0.717, 1.165) is 11.5 Å². The summed E-state index contributed by atoms with van der Waals surface area (Å²) in [6.07, 6.45) is 7.07. The van der Waals surface area contributed by atoms with Gasteiger partial charge in [-0.2, -0.15) is 0 Å². The van der Waals surface area contributed by atoms with Crippen LogP contribution in [0.15, 0.2) is 77.2 Å². The molecule has 0 saturated heterocycles. The molecule has 3 heterocycles. The molecule has 11 rings (SSSR count). The van der Waals surface area contributed by atoms with Crippen LogP contribution in [-0.2, 0) is 37.9 Å². The smallest absolute Gasteiger partial charge is 0.257 e. The maximum atomic E-state index is 7.56. The molecule has 342 valence electrons. The normalized spacial score (nSPS) is 21.1. The zero-order valence-corrected chi connectivity index (χ0v) is 43.6. The Morgan fingerprint density at radius 2 is 0.970 bits per heavy atom. The summed E-state index contributed by atoms with van der Waals surface area (Å²) in [6.45, 7) is 41.1. The van der Waals surface area contributed by atoms with Crippen LogP contribution in [-0.4, -0.2) is 6.71 Å². The SMILES string of the molecule is Cc1cc2c3c(c1)N(c1ccc(C(C)(C)C)cc1C)c1oc4cc5c(cc4c1B3c1cc3c(cc1N2c1ccc2c(c1)C(C)(C)CCC2(C)C)C(C)(C)CCC3(C)C)C(C)(C)CCC5(C)C. The fourth-order valence-corrected chi connectivity index (χ4v) is 13.4. The fourth-order valence-electron chi connectivity index (χ4n) is 13.4. The summed E-state index contributed by atoms with van der Waals surface area (Å²) in [5.41, 5.74) is 24.6. The minimum Gasteiger partial charge on any atom is -0.440 e. The van der Waals surface area contributed by atoms with E-state index in [1.165, 1.54) is 139 Å². The van der Waals surface area contributed by atoms with E-state index in [4.69, 9.17) is 4.42 Å². The first-order valence-corrected chi connectivity index (χ1v) is 25.4. The maximum Gasteiger partial charge on any atom is 0.257 e. The first kappa shape index (κ1) is 43.8. The van der Waals surface area contributed by atoms with Crippen LogP contribution in [0.2, 0.25) is 0 Å². The highest BCUT2D eigenvalue weighted by molar-refractivity contribution is 7.01. The Morgan fingerprint density at radius 3 is 1.53 bits per heavy atom. The predicted octanol–water partition coefficient (Wildman–Crippen LogP) is 15.5. The lowest BCUT2D eigenvalue weighted by atomic mass is 9.33. The highest BCUT2D eigenvalue weighted by Gasteiger charge is 2.50. The number of hydrogen-bond acceptors (Lipinski definition) is 3. The molecule has 0 bridgehead atoms. The van der Waals surface area contributed by atoms with Crippen molar-refractivity contribution in [2.45, 2.75) is 194 Å². The van der Waals surface area contributed by atoms with Gasteiger partial charge < -0.3 is 9.32 Å². The van der Waals surface area contributed by atoms with Crippen LogP contribution in [0.4, 0.5) is 34.3 Å². The lowest BCUT2D eigenvalue weighted by Gasteiger charge is -2.47. The van der Waals surface area contributed by atoms with Gasteiger partial charge in [0.1, 0.15) is 5.58 Å². The molecule has 0 N–H and O–H groups in total. The van der Waals surface area contributed by atoms with Gasteiger partial charge in [-0.15, -0.1) is 0 Å². The number of nitrogens with zero attached hydrogens (tertiary/aromatic N) is 2. The van der Waals surface area contributed by atoms with Gasteiger partial charge in [-0.05, 0) is 200 Å². The first-order valence-electron chi connectivity index (χ1n) is 25.4. The van der Waals surface area contributed by atoms with Crippen molar-refractivity contribution in [2.24, 2.45) is 0 Å². The molecule has 0 amide bonds. The predicted molar refractivity (Wildman–Crippen MR) is 284 cm³/mol.